The topological polar surface area (TPSA) is 71.0 Å². The number of anilines is 1. The third kappa shape index (κ3) is 4.49. The fraction of sp³-hybridized carbons (Fsp3) is 0.375. The molecule has 0 spiro atoms. The summed E-state index contributed by atoms with van der Waals surface area (Å²) in [4.78, 5) is 32.6. The molecule has 8 heteroatoms. The maximum absolute atomic E-state index is 14.0. The maximum atomic E-state index is 14.0. The lowest BCUT2D eigenvalue weighted by Gasteiger charge is -2.33. The minimum Gasteiger partial charge on any atom is -0.382 e. The van der Waals surface area contributed by atoms with Gasteiger partial charge in [-0.25, -0.2) is 8.78 Å². The summed E-state index contributed by atoms with van der Waals surface area (Å²) in [7, 11) is 0. The van der Waals surface area contributed by atoms with Crippen molar-refractivity contribution >= 4 is 23.2 Å². The first-order valence-corrected chi connectivity index (χ1v) is 10.7. The highest BCUT2D eigenvalue weighted by atomic mass is 19.1. The molecule has 0 bridgehead atoms. The molecule has 1 N–H and O–H groups in total. The molecule has 168 valence electrons. The Morgan fingerprint density at radius 1 is 1.16 bits per heavy atom. The average Bonchev–Trinajstić information content (AvgIpc) is 3.27. The van der Waals surface area contributed by atoms with Crippen LogP contribution in [0.2, 0.25) is 0 Å². The first-order chi connectivity index (χ1) is 15.3. The fourth-order valence-corrected chi connectivity index (χ4v) is 4.11. The average molecular weight is 441 g/mol. The zero-order chi connectivity index (χ0) is 22.8. The Balaban J connectivity index is 1.41. The SMILES string of the molecule is Cc1cc(C(=O)N2CCCCC2C)ccc1NC(=O)C1CC(c2cc(F)ccc2F)=NO1. The van der Waals surface area contributed by atoms with Gasteiger partial charge >= 0.3 is 0 Å². The Labute approximate surface area is 185 Å². The molecule has 2 aliphatic rings. The highest BCUT2D eigenvalue weighted by Gasteiger charge is 2.31. The lowest BCUT2D eigenvalue weighted by Crippen LogP contribution is -2.42. The number of nitrogens with zero attached hydrogens (tertiary/aromatic N) is 2. The molecular formula is C24H25F2N3O3. The molecule has 2 heterocycles. The van der Waals surface area contributed by atoms with E-state index >= 15 is 0 Å². The smallest absolute Gasteiger partial charge is 0.268 e. The van der Waals surface area contributed by atoms with Gasteiger partial charge in [0, 0.05) is 35.8 Å². The molecule has 2 aliphatic heterocycles. The third-order valence-corrected chi connectivity index (χ3v) is 6.00. The Hall–Kier alpha value is -3.29. The summed E-state index contributed by atoms with van der Waals surface area (Å²) in [5, 5.41) is 6.54. The van der Waals surface area contributed by atoms with Crippen LogP contribution in [-0.4, -0.2) is 41.1 Å². The zero-order valence-corrected chi connectivity index (χ0v) is 18.0. The Kier molecular flexibility index (Phi) is 6.21. The van der Waals surface area contributed by atoms with Gasteiger partial charge in [0.2, 0.25) is 6.10 Å². The third-order valence-electron chi connectivity index (χ3n) is 6.00. The highest BCUT2D eigenvalue weighted by molar-refractivity contribution is 6.06. The number of likely N-dealkylation sites (tertiary alicyclic amines) is 1. The van der Waals surface area contributed by atoms with Crippen LogP contribution in [0.5, 0.6) is 0 Å². The molecular weight excluding hydrogens is 416 g/mol. The monoisotopic (exact) mass is 441 g/mol. The fourth-order valence-electron chi connectivity index (χ4n) is 4.11. The van der Waals surface area contributed by atoms with Gasteiger partial charge in [0.15, 0.2) is 0 Å². The van der Waals surface area contributed by atoms with E-state index in [1.165, 1.54) is 0 Å². The van der Waals surface area contributed by atoms with Crippen LogP contribution in [0.15, 0.2) is 41.6 Å². The lowest BCUT2D eigenvalue weighted by atomic mass is 10.0. The van der Waals surface area contributed by atoms with Gasteiger partial charge in [-0.3, -0.25) is 9.59 Å². The second-order valence-electron chi connectivity index (χ2n) is 8.32. The highest BCUT2D eigenvalue weighted by Crippen LogP contribution is 2.24. The van der Waals surface area contributed by atoms with Gasteiger partial charge < -0.3 is 15.1 Å². The van der Waals surface area contributed by atoms with Crippen LogP contribution in [0.3, 0.4) is 0 Å². The van der Waals surface area contributed by atoms with E-state index in [4.69, 9.17) is 4.84 Å². The van der Waals surface area contributed by atoms with Crippen molar-refractivity contribution < 1.29 is 23.2 Å². The standard InChI is InChI=1S/C24H25F2N3O3/c1-14-11-16(24(31)29-10-4-3-5-15(29)2)6-9-20(14)27-23(30)22-13-21(28-32-22)18-12-17(25)7-8-19(18)26/h6-9,11-12,15,22H,3-5,10,13H2,1-2H3,(H,27,30). The van der Waals surface area contributed by atoms with E-state index in [0.717, 1.165) is 49.6 Å². The molecule has 32 heavy (non-hydrogen) atoms. The Bertz CT molecular complexity index is 1090. The number of hydrogen-bond acceptors (Lipinski definition) is 4. The summed E-state index contributed by atoms with van der Waals surface area (Å²) in [6, 6.07) is 8.43. The number of carbonyl (C=O) groups excluding carboxylic acids is 2. The second-order valence-corrected chi connectivity index (χ2v) is 8.32. The van der Waals surface area contributed by atoms with Gasteiger partial charge in [0.05, 0.1) is 5.71 Å². The van der Waals surface area contributed by atoms with Gasteiger partial charge in [-0.1, -0.05) is 5.16 Å². The number of nitrogens with one attached hydrogen (secondary N) is 1. The van der Waals surface area contributed by atoms with Gasteiger partial charge in [0.25, 0.3) is 11.8 Å². The van der Waals surface area contributed by atoms with E-state index < -0.39 is 23.6 Å². The summed E-state index contributed by atoms with van der Waals surface area (Å²) >= 11 is 0. The quantitative estimate of drug-likeness (QED) is 0.764. The predicted molar refractivity (Wildman–Crippen MR) is 117 cm³/mol. The van der Waals surface area contributed by atoms with Crippen LogP contribution in [0.4, 0.5) is 14.5 Å². The van der Waals surface area contributed by atoms with Crippen molar-refractivity contribution in [3.8, 4) is 0 Å². The number of oxime groups is 1. The van der Waals surface area contributed by atoms with Crippen molar-refractivity contribution in [3.63, 3.8) is 0 Å². The van der Waals surface area contributed by atoms with Crippen molar-refractivity contribution in [3.05, 3.63) is 64.7 Å². The summed E-state index contributed by atoms with van der Waals surface area (Å²) in [5.41, 5.74) is 2.02. The Morgan fingerprint density at radius 3 is 2.72 bits per heavy atom. The summed E-state index contributed by atoms with van der Waals surface area (Å²) in [6.07, 6.45) is 2.21. The predicted octanol–water partition coefficient (Wildman–Crippen LogP) is 4.42. The van der Waals surface area contributed by atoms with Gasteiger partial charge in [-0.05, 0) is 75.1 Å². The molecule has 0 radical (unpaired) electrons. The molecule has 1 fully saturated rings. The van der Waals surface area contributed by atoms with Crippen LogP contribution in [0.25, 0.3) is 0 Å². The van der Waals surface area contributed by atoms with E-state index in [2.05, 4.69) is 17.4 Å². The molecule has 6 nitrogen and oxygen atoms in total. The normalized spacial score (nSPS) is 20.5. The minimum atomic E-state index is -0.956. The molecule has 4 rings (SSSR count). The largest absolute Gasteiger partial charge is 0.382 e. The number of carbonyl (C=O) groups is 2. The second kappa shape index (κ2) is 9.06. The van der Waals surface area contributed by atoms with E-state index in [1.807, 2.05) is 11.8 Å². The molecule has 0 aromatic heterocycles. The molecule has 2 aromatic rings. The van der Waals surface area contributed by atoms with Gasteiger partial charge in [-0.2, -0.15) is 0 Å². The Morgan fingerprint density at radius 2 is 1.97 bits per heavy atom. The van der Waals surface area contributed by atoms with Crippen molar-refractivity contribution in [2.75, 3.05) is 11.9 Å². The van der Waals surface area contributed by atoms with E-state index in [0.29, 0.717) is 11.3 Å². The number of amides is 2. The number of piperidine rings is 1. The first kappa shape index (κ1) is 21.9. The zero-order valence-electron chi connectivity index (χ0n) is 18.0. The van der Waals surface area contributed by atoms with E-state index in [1.54, 1.807) is 18.2 Å². The van der Waals surface area contributed by atoms with Gasteiger partial charge in [0.1, 0.15) is 11.6 Å². The van der Waals surface area contributed by atoms with Crippen molar-refractivity contribution in [1.82, 2.24) is 4.90 Å². The lowest BCUT2D eigenvalue weighted by molar-refractivity contribution is -0.125. The van der Waals surface area contributed by atoms with Crippen molar-refractivity contribution in [1.29, 1.82) is 0 Å². The summed E-state index contributed by atoms with van der Waals surface area (Å²) in [6.45, 7) is 4.63. The van der Waals surface area contributed by atoms with Crippen LogP contribution in [0.1, 0.15) is 54.1 Å². The van der Waals surface area contributed by atoms with Gasteiger partial charge in [-0.15, -0.1) is 0 Å². The van der Waals surface area contributed by atoms with Crippen molar-refractivity contribution in [2.45, 2.75) is 51.7 Å². The number of hydrogen-bond donors (Lipinski definition) is 1. The molecule has 1 saturated heterocycles. The van der Waals surface area contributed by atoms with Crippen LogP contribution in [-0.2, 0) is 9.63 Å². The molecule has 2 unspecified atom stereocenters. The van der Waals surface area contributed by atoms with Crippen LogP contribution in [0, 0.1) is 18.6 Å². The summed E-state index contributed by atoms with van der Waals surface area (Å²) < 4.78 is 27.4. The van der Waals surface area contributed by atoms with E-state index in [-0.39, 0.29) is 29.6 Å². The number of halogens is 2. The molecule has 0 aliphatic carbocycles. The van der Waals surface area contributed by atoms with Crippen LogP contribution < -0.4 is 5.32 Å². The van der Waals surface area contributed by atoms with E-state index in [9.17, 15) is 18.4 Å². The van der Waals surface area contributed by atoms with Crippen molar-refractivity contribution in [2.24, 2.45) is 5.16 Å². The van der Waals surface area contributed by atoms with Crippen LogP contribution >= 0.6 is 0 Å². The first-order valence-electron chi connectivity index (χ1n) is 10.7. The number of aryl methyl sites for hydroxylation is 1. The molecule has 2 atom stereocenters. The maximum Gasteiger partial charge on any atom is 0.268 e. The molecule has 0 saturated carbocycles. The number of rotatable bonds is 4. The summed E-state index contributed by atoms with van der Waals surface area (Å²) in [5.74, 6) is -1.69. The molecule has 2 amide bonds. The molecule has 2 aromatic carbocycles. The number of benzene rings is 2. The minimum absolute atomic E-state index is 0.00698.